The predicted octanol–water partition coefficient (Wildman–Crippen LogP) is 0.820. The Hall–Kier alpha value is -0.510. The van der Waals surface area contributed by atoms with E-state index in [-0.39, 0.29) is 18.7 Å². The number of halogens is 2. The number of ketones is 1. The van der Waals surface area contributed by atoms with Gasteiger partial charge in [0.05, 0.1) is 6.54 Å². The van der Waals surface area contributed by atoms with Gasteiger partial charge in [0.25, 0.3) is 5.92 Å². The molecule has 1 heterocycles. The maximum Gasteiger partial charge on any atom is 0.261 e. The van der Waals surface area contributed by atoms with Crippen LogP contribution in [0.15, 0.2) is 0 Å². The molecular formula is C7H11F2NO. The van der Waals surface area contributed by atoms with Crippen molar-refractivity contribution in [2.45, 2.75) is 19.3 Å². The van der Waals surface area contributed by atoms with E-state index in [4.69, 9.17) is 0 Å². The van der Waals surface area contributed by atoms with Crippen LogP contribution < -0.4 is 5.32 Å². The van der Waals surface area contributed by atoms with Crippen molar-refractivity contribution in [3.8, 4) is 0 Å². The Kier molecular flexibility index (Phi) is 2.23. The van der Waals surface area contributed by atoms with E-state index in [1.807, 2.05) is 0 Å². The van der Waals surface area contributed by atoms with E-state index in [1.54, 1.807) is 0 Å². The first-order valence-electron chi connectivity index (χ1n) is 3.60. The van der Waals surface area contributed by atoms with E-state index in [0.29, 0.717) is 6.54 Å². The molecule has 1 saturated heterocycles. The summed E-state index contributed by atoms with van der Waals surface area (Å²) >= 11 is 0. The second-order valence-electron chi connectivity index (χ2n) is 3.00. The van der Waals surface area contributed by atoms with Crippen molar-refractivity contribution in [1.82, 2.24) is 5.32 Å². The van der Waals surface area contributed by atoms with Gasteiger partial charge in [0, 0.05) is 18.9 Å². The number of hydrogen-bond acceptors (Lipinski definition) is 2. The van der Waals surface area contributed by atoms with Gasteiger partial charge in [-0.1, -0.05) is 0 Å². The summed E-state index contributed by atoms with van der Waals surface area (Å²) in [5.74, 6) is -3.36. The van der Waals surface area contributed by atoms with Crippen molar-refractivity contribution < 1.29 is 13.6 Å². The summed E-state index contributed by atoms with van der Waals surface area (Å²) in [5.41, 5.74) is 0. The van der Waals surface area contributed by atoms with Crippen LogP contribution in [0.2, 0.25) is 0 Å². The van der Waals surface area contributed by atoms with Crippen LogP contribution >= 0.6 is 0 Å². The van der Waals surface area contributed by atoms with Crippen LogP contribution in [0.3, 0.4) is 0 Å². The van der Waals surface area contributed by atoms with E-state index in [9.17, 15) is 13.6 Å². The molecule has 0 aromatic heterocycles. The number of carbonyl (C=O) groups excluding carboxylic acids is 1. The van der Waals surface area contributed by atoms with Crippen molar-refractivity contribution in [3.63, 3.8) is 0 Å². The minimum absolute atomic E-state index is 0.156. The molecule has 0 aliphatic carbocycles. The van der Waals surface area contributed by atoms with Gasteiger partial charge in [-0.15, -0.1) is 0 Å². The zero-order chi connectivity index (χ0) is 8.48. The fourth-order valence-electron chi connectivity index (χ4n) is 1.22. The Bertz CT molecular complexity index is 170. The molecule has 1 rings (SSSR count). The lowest BCUT2D eigenvalue weighted by atomic mass is 9.94. The van der Waals surface area contributed by atoms with Gasteiger partial charge >= 0.3 is 0 Å². The Morgan fingerprint density at radius 1 is 1.64 bits per heavy atom. The second kappa shape index (κ2) is 2.85. The lowest BCUT2D eigenvalue weighted by molar-refractivity contribution is -0.126. The summed E-state index contributed by atoms with van der Waals surface area (Å²) in [6.45, 7) is 1.45. The van der Waals surface area contributed by atoms with Crippen molar-refractivity contribution in [1.29, 1.82) is 0 Å². The minimum atomic E-state index is -2.70. The van der Waals surface area contributed by atoms with Gasteiger partial charge in [0.15, 0.2) is 0 Å². The SMILES string of the molecule is CC(=O)C1CNCC(F)(F)C1. The van der Waals surface area contributed by atoms with Crippen LogP contribution in [0.4, 0.5) is 8.78 Å². The smallest absolute Gasteiger partial charge is 0.261 e. The highest BCUT2D eigenvalue weighted by Gasteiger charge is 2.37. The van der Waals surface area contributed by atoms with E-state index in [2.05, 4.69) is 5.32 Å². The Morgan fingerprint density at radius 3 is 2.64 bits per heavy atom. The Balaban J connectivity index is 2.53. The lowest BCUT2D eigenvalue weighted by Gasteiger charge is -2.27. The number of Topliss-reactive ketones (excluding diaryl/α,β-unsaturated/α-hetero) is 1. The molecule has 0 aromatic carbocycles. The highest BCUT2D eigenvalue weighted by atomic mass is 19.3. The zero-order valence-corrected chi connectivity index (χ0v) is 6.36. The summed E-state index contributed by atoms with van der Waals surface area (Å²) in [6, 6.07) is 0. The van der Waals surface area contributed by atoms with Gasteiger partial charge < -0.3 is 5.32 Å². The first-order valence-corrected chi connectivity index (χ1v) is 3.60. The Morgan fingerprint density at radius 2 is 2.27 bits per heavy atom. The third-order valence-corrected chi connectivity index (χ3v) is 1.89. The topological polar surface area (TPSA) is 29.1 Å². The van der Waals surface area contributed by atoms with Crippen molar-refractivity contribution in [2.75, 3.05) is 13.1 Å². The average Bonchev–Trinajstić information content (AvgIpc) is 1.85. The molecule has 0 bridgehead atoms. The van der Waals surface area contributed by atoms with Gasteiger partial charge in [0.1, 0.15) is 5.78 Å². The first-order chi connectivity index (χ1) is 5.01. The van der Waals surface area contributed by atoms with Crippen LogP contribution in [-0.2, 0) is 4.79 Å². The molecule has 1 unspecified atom stereocenters. The largest absolute Gasteiger partial charge is 0.310 e. The number of piperidine rings is 1. The molecule has 1 aliphatic heterocycles. The molecule has 4 heteroatoms. The number of alkyl halides is 2. The van der Waals surface area contributed by atoms with E-state index < -0.39 is 11.8 Å². The van der Waals surface area contributed by atoms with Gasteiger partial charge in [-0.05, 0) is 6.92 Å². The third-order valence-electron chi connectivity index (χ3n) is 1.89. The first kappa shape index (κ1) is 8.59. The molecule has 0 spiro atoms. The van der Waals surface area contributed by atoms with E-state index >= 15 is 0 Å². The molecule has 0 radical (unpaired) electrons. The van der Waals surface area contributed by atoms with Gasteiger partial charge in [-0.3, -0.25) is 4.79 Å². The van der Waals surface area contributed by atoms with Gasteiger partial charge in [-0.25, -0.2) is 8.78 Å². The number of carbonyl (C=O) groups is 1. The second-order valence-corrected chi connectivity index (χ2v) is 3.00. The molecule has 0 aromatic rings. The van der Waals surface area contributed by atoms with Crippen LogP contribution in [-0.4, -0.2) is 24.8 Å². The van der Waals surface area contributed by atoms with Crippen LogP contribution in [0.5, 0.6) is 0 Å². The van der Waals surface area contributed by atoms with Crippen LogP contribution in [0.1, 0.15) is 13.3 Å². The molecule has 0 amide bonds. The summed E-state index contributed by atoms with van der Waals surface area (Å²) in [5, 5.41) is 2.54. The molecule has 1 atom stereocenters. The fraction of sp³-hybridized carbons (Fsp3) is 0.857. The van der Waals surface area contributed by atoms with Crippen molar-refractivity contribution >= 4 is 5.78 Å². The molecule has 11 heavy (non-hydrogen) atoms. The molecule has 1 aliphatic rings. The maximum absolute atomic E-state index is 12.6. The normalized spacial score (nSPS) is 29.9. The third kappa shape index (κ3) is 2.22. The summed E-state index contributed by atoms with van der Waals surface area (Å²) < 4.78 is 25.2. The highest BCUT2D eigenvalue weighted by molar-refractivity contribution is 5.78. The quantitative estimate of drug-likeness (QED) is 0.620. The molecule has 1 N–H and O–H groups in total. The predicted molar refractivity (Wildman–Crippen MR) is 36.6 cm³/mol. The molecule has 2 nitrogen and oxygen atoms in total. The monoisotopic (exact) mass is 163 g/mol. The number of nitrogens with one attached hydrogen (secondary N) is 1. The lowest BCUT2D eigenvalue weighted by Crippen LogP contribution is -2.45. The molecule has 0 saturated carbocycles. The summed E-state index contributed by atoms with van der Waals surface area (Å²) in [7, 11) is 0. The van der Waals surface area contributed by atoms with Crippen LogP contribution in [0.25, 0.3) is 0 Å². The summed E-state index contributed by atoms with van der Waals surface area (Å²) in [6.07, 6.45) is -0.296. The van der Waals surface area contributed by atoms with Gasteiger partial charge in [0.2, 0.25) is 0 Å². The number of hydrogen-bond donors (Lipinski definition) is 1. The maximum atomic E-state index is 12.6. The standard InChI is InChI=1S/C7H11F2NO/c1-5(11)6-2-7(8,9)4-10-3-6/h6,10H,2-4H2,1H3. The van der Waals surface area contributed by atoms with E-state index in [0.717, 1.165) is 0 Å². The molecule has 1 fully saturated rings. The molecular weight excluding hydrogens is 152 g/mol. The van der Waals surface area contributed by atoms with Crippen molar-refractivity contribution in [2.24, 2.45) is 5.92 Å². The minimum Gasteiger partial charge on any atom is -0.310 e. The zero-order valence-electron chi connectivity index (χ0n) is 6.36. The van der Waals surface area contributed by atoms with Crippen LogP contribution in [0, 0.1) is 5.92 Å². The number of rotatable bonds is 1. The fourth-order valence-corrected chi connectivity index (χ4v) is 1.22. The summed E-state index contributed by atoms with van der Waals surface area (Å²) in [4.78, 5) is 10.7. The Labute approximate surface area is 64.0 Å². The van der Waals surface area contributed by atoms with Crippen molar-refractivity contribution in [3.05, 3.63) is 0 Å². The highest BCUT2D eigenvalue weighted by Crippen LogP contribution is 2.26. The molecule has 64 valence electrons. The van der Waals surface area contributed by atoms with E-state index in [1.165, 1.54) is 6.92 Å². The van der Waals surface area contributed by atoms with Gasteiger partial charge in [-0.2, -0.15) is 0 Å². The average molecular weight is 163 g/mol.